The van der Waals surface area contributed by atoms with Crippen LogP contribution in [-0.4, -0.2) is 21.6 Å². The Morgan fingerprint density at radius 2 is 2.09 bits per heavy atom. The van der Waals surface area contributed by atoms with Gasteiger partial charge in [0.15, 0.2) is 0 Å². The SMILES string of the molecule is CCCc1cc([C@@H]2CCCCCN2Cc2ccncc2)no1. The molecular weight excluding hydrogens is 274 g/mol. The van der Waals surface area contributed by atoms with Gasteiger partial charge in [-0.05, 0) is 43.5 Å². The first kappa shape index (κ1) is 15.2. The van der Waals surface area contributed by atoms with Crippen LogP contribution in [0.4, 0.5) is 0 Å². The minimum atomic E-state index is 0.380. The summed E-state index contributed by atoms with van der Waals surface area (Å²) in [5.41, 5.74) is 2.43. The van der Waals surface area contributed by atoms with Gasteiger partial charge in [0.2, 0.25) is 0 Å². The average Bonchev–Trinajstić information content (AvgIpc) is 2.88. The molecule has 0 unspecified atom stereocenters. The lowest BCUT2D eigenvalue weighted by Crippen LogP contribution is -2.28. The fourth-order valence-corrected chi connectivity index (χ4v) is 3.26. The van der Waals surface area contributed by atoms with Gasteiger partial charge < -0.3 is 4.52 Å². The zero-order valence-corrected chi connectivity index (χ0v) is 13.4. The topological polar surface area (TPSA) is 42.2 Å². The molecule has 1 aliphatic rings. The molecule has 0 aromatic carbocycles. The molecule has 3 rings (SSSR count). The number of aromatic nitrogens is 2. The summed E-state index contributed by atoms with van der Waals surface area (Å²) in [6, 6.07) is 6.75. The molecule has 0 aliphatic carbocycles. The van der Waals surface area contributed by atoms with Gasteiger partial charge in [-0.15, -0.1) is 0 Å². The Morgan fingerprint density at radius 3 is 2.91 bits per heavy atom. The molecule has 4 heteroatoms. The van der Waals surface area contributed by atoms with Crippen LogP contribution in [0.2, 0.25) is 0 Å². The van der Waals surface area contributed by atoms with Crippen LogP contribution in [0, 0.1) is 0 Å². The number of pyridine rings is 1. The maximum absolute atomic E-state index is 5.51. The highest BCUT2D eigenvalue weighted by Gasteiger charge is 2.25. The second kappa shape index (κ2) is 7.54. The zero-order chi connectivity index (χ0) is 15.2. The van der Waals surface area contributed by atoms with E-state index in [2.05, 4.69) is 40.2 Å². The number of aryl methyl sites for hydroxylation is 1. The molecule has 1 fully saturated rings. The normalized spacial score (nSPS) is 20.0. The quantitative estimate of drug-likeness (QED) is 0.832. The summed E-state index contributed by atoms with van der Waals surface area (Å²) in [7, 11) is 0. The van der Waals surface area contributed by atoms with E-state index in [9.17, 15) is 0 Å². The molecule has 118 valence electrons. The van der Waals surface area contributed by atoms with Crippen LogP contribution in [0.1, 0.15) is 62.1 Å². The summed E-state index contributed by atoms with van der Waals surface area (Å²) in [5, 5.41) is 4.36. The molecule has 1 aliphatic heterocycles. The Balaban J connectivity index is 1.77. The van der Waals surface area contributed by atoms with Gasteiger partial charge in [0.05, 0.1) is 6.04 Å². The van der Waals surface area contributed by atoms with Gasteiger partial charge in [-0.1, -0.05) is 24.9 Å². The van der Waals surface area contributed by atoms with Crippen LogP contribution in [0.3, 0.4) is 0 Å². The number of likely N-dealkylation sites (tertiary alicyclic amines) is 1. The Bertz CT molecular complexity index is 567. The second-order valence-electron chi connectivity index (χ2n) is 6.16. The van der Waals surface area contributed by atoms with Crippen molar-refractivity contribution < 1.29 is 4.52 Å². The van der Waals surface area contributed by atoms with Crippen molar-refractivity contribution in [3.8, 4) is 0 Å². The van der Waals surface area contributed by atoms with E-state index in [1.165, 1.54) is 31.2 Å². The van der Waals surface area contributed by atoms with Crippen LogP contribution in [0.15, 0.2) is 35.1 Å². The lowest BCUT2D eigenvalue weighted by atomic mass is 10.1. The third kappa shape index (κ3) is 3.74. The fourth-order valence-electron chi connectivity index (χ4n) is 3.26. The smallest absolute Gasteiger partial charge is 0.137 e. The fraction of sp³-hybridized carbons (Fsp3) is 0.556. The molecule has 4 nitrogen and oxygen atoms in total. The van der Waals surface area contributed by atoms with E-state index in [1.54, 1.807) is 0 Å². The third-order valence-corrected chi connectivity index (χ3v) is 4.41. The molecule has 2 aromatic rings. The minimum Gasteiger partial charge on any atom is -0.361 e. The highest BCUT2D eigenvalue weighted by atomic mass is 16.5. The first-order valence-electron chi connectivity index (χ1n) is 8.45. The lowest BCUT2D eigenvalue weighted by molar-refractivity contribution is 0.183. The van der Waals surface area contributed by atoms with Crippen molar-refractivity contribution in [2.24, 2.45) is 0 Å². The molecule has 0 N–H and O–H groups in total. The third-order valence-electron chi connectivity index (χ3n) is 4.41. The highest BCUT2D eigenvalue weighted by molar-refractivity contribution is 5.14. The van der Waals surface area contributed by atoms with Gasteiger partial charge in [-0.3, -0.25) is 9.88 Å². The van der Waals surface area contributed by atoms with E-state index in [0.717, 1.165) is 37.4 Å². The maximum Gasteiger partial charge on any atom is 0.137 e. The second-order valence-corrected chi connectivity index (χ2v) is 6.16. The number of rotatable bonds is 5. The molecule has 1 saturated heterocycles. The zero-order valence-electron chi connectivity index (χ0n) is 13.4. The van der Waals surface area contributed by atoms with Crippen LogP contribution >= 0.6 is 0 Å². The van der Waals surface area contributed by atoms with E-state index in [-0.39, 0.29) is 0 Å². The molecule has 0 bridgehead atoms. The summed E-state index contributed by atoms with van der Waals surface area (Å²) in [5.74, 6) is 1.02. The van der Waals surface area contributed by atoms with E-state index >= 15 is 0 Å². The summed E-state index contributed by atoms with van der Waals surface area (Å²) in [6.45, 7) is 4.26. The van der Waals surface area contributed by atoms with Gasteiger partial charge in [-0.25, -0.2) is 0 Å². The maximum atomic E-state index is 5.51. The summed E-state index contributed by atoms with van der Waals surface area (Å²) < 4.78 is 5.51. The standard InChI is InChI=1S/C18H25N3O/c1-2-6-16-13-17(20-22-16)18-7-4-3-5-12-21(18)14-15-8-10-19-11-9-15/h8-11,13,18H,2-7,12,14H2,1H3/t18-/m0/s1. The Labute approximate surface area is 132 Å². The van der Waals surface area contributed by atoms with Crippen LogP contribution in [0.5, 0.6) is 0 Å². The Kier molecular flexibility index (Phi) is 5.22. The first-order chi connectivity index (χ1) is 10.9. The van der Waals surface area contributed by atoms with Crippen LogP contribution in [-0.2, 0) is 13.0 Å². The molecule has 3 heterocycles. The van der Waals surface area contributed by atoms with Crippen molar-refractivity contribution in [3.63, 3.8) is 0 Å². The average molecular weight is 299 g/mol. The van der Waals surface area contributed by atoms with Gasteiger partial charge >= 0.3 is 0 Å². The predicted octanol–water partition coefficient (Wildman–Crippen LogP) is 4.14. The molecule has 0 spiro atoms. The number of hydrogen-bond acceptors (Lipinski definition) is 4. The monoisotopic (exact) mass is 299 g/mol. The molecular formula is C18H25N3O. The largest absolute Gasteiger partial charge is 0.361 e. The van der Waals surface area contributed by atoms with Gasteiger partial charge in [0.1, 0.15) is 11.5 Å². The van der Waals surface area contributed by atoms with Crippen LogP contribution in [0.25, 0.3) is 0 Å². The van der Waals surface area contributed by atoms with E-state index < -0.39 is 0 Å². The van der Waals surface area contributed by atoms with Gasteiger partial charge in [-0.2, -0.15) is 0 Å². The molecule has 2 aromatic heterocycles. The predicted molar refractivity (Wildman–Crippen MR) is 86.4 cm³/mol. The van der Waals surface area contributed by atoms with Crippen molar-refractivity contribution in [2.75, 3.05) is 6.54 Å². The Morgan fingerprint density at radius 1 is 1.23 bits per heavy atom. The molecule has 0 radical (unpaired) electrons. The summed E-state index contributed by atoms with van der Waals surface area (Å²) in [4.78, 5) is 6.66. The summed E-state index contributed by atoms with van der Waals surface area (Å²) in [6.07, 6.45) is 10.8. The Hall–Kier alpha value is -1.68. The number of hydrogen-bond donors (Lipinski definition) is 0. The lowest BCUT2D eigenvalue weighted by Gasteiger charge is -2.28. The van der Waals surface area contributed by atoms with Gasteiger partial charge in [0.25, 0.3) is 0 Å². The highest BCUT2D eigenvalue weighted by Crippen LogP contribution is 2.31. The van der Waals surface area contributed by atoms with E-state index in [4.69, 9.17) is 4.52 Å². The van der Waals surface area contributed by atoms with Crippen molar-refractivity contribution in [1.82, 2.24) is 15.0 Å². The minimum absolute atomic E-state index is 0.380. The van der Waals surface area contributed by atoms with Crippen LogP contribution < -0.4 is 0 Å². The van der Waals surface area contributed by atoms with E-state index in [0.29, 0.717) is 6.04 Å². The molecule has 1 atom stereocenters. The van der Waals surface area contributed by atoms with Crippen molar-refractivity contribution in [2.45, 2.75) is 58.0 Å². The van der Waals surface area contributed by atoms with Gasteiger partial charge in [0, 0.05) is 31.4 Å². The molecule has 22 heavy (non-hydrogen) atoms. The number of nitrogens with zero attached hydrogens (tertiary/aromatic N) is 3. The van der Waals surface area contributed by atoms with Crippen molar-refractivity contribution in [3.05, 3.63) is 47.6 Å². The molecule has 0 saturated carbocycles. The summed E-state index contributed by atoms with van der Waals surface area (Å²) >= 11 is 0. The van der Waals surface area contributed by atoms with E-state index in [1.807, 2.05) is 12.4 Å². The van der Waals surface area contributed by atoms with Crippen molar-refractivity contribution >= 4 is 0 Å². The molecule has 0 amide bonds. The first-order valence-corrected chi connectivity index (χ1v) is 8.45. The van der Waals surface area contributed by atoms with Crippen molar-refractivity contribution in [1.29, 1.82) is 0 Å².